The van der Waals surface area contributed by atoms with Crippen LogP contribution in [0.5, 0.6) is 5.75 Å². The zero-order chi connectivity index (χ0) is 35.0. The fourth-order valence-electron chi connectivity index (χ4n) is 6.06. The van der Waals surface area contributed by atoms with Crippen LogP contribution in [0.15, 0.2) is 106 Å². The van der Waals surface area contributed by atoms with E-state index in [-0.39, 0.29) is 40.5 Å². The molecule has 49 heavy (non-hydrogen) atoms. The van der Waals surface area contributed by atoms with E-state index >= 15 is 0 Å². The average molecular weight is 767 g/mol. The molecule has 1 N–H and O–H groups in total. The minimum absolute atomic E-state index is 0.0176. The Morgan fingerprint density at radius 1 is 0.918 bits per heavy atom. The quantitative estimate of drug-likeness (QED) is 0.151. The van der Waals surface area contributed by atoms with Crippen LogP contribution in [-0.2, 0) is 32.6 Å². The van der Waals surface area contributed by atoms with Gasteiger partial charge in [-0.25, -0.2) is 8.42 Å². The molecule has 0 saturated heterocycles. The van der Waals surface area contributed by atoms with Gasteiger partial charge in [-0.1, -0.05) is 107 Å². The summed E-state index contributed by atoms with van der Waals surface area (Å²) in [6, 6.07) is 27.2. The third-order valence-electron chi connectivity index (χ3n) is 8.80. The fourth-order valence-corrected chi connectivity index (χ4v) is 7.98. The summed E-state index contributed by atoms with van der Waals surface area (Å²) in [6.45, 7) is 1.38. The molecule has 4 aromatic carbocycles. The molecule has 0 unspecified atom stereocenters. The molecular formula is C38H41BrClN3O5S. The number of methoxy groups -OCH3 is 1. The number of nitrogens with one attached hydrogen (secondary N) is 1. The standard InChI is InChI=1S/C38H41BrClN3O5S/c1-27-13-20-33(21-14-27)49(46,47)43(32-19-22-36(48-2)34(40)24-32)26-37(44)42(25-29-15-17-30(39)18-16-29)35(23-28-9-5-3-6-10-28)38(45)41-31-11-7-4-8-12-31/h3,5-6,9-10,13-22,24,31,35H,4,7-8,11-12,23,25-26H2,1-2H3,(H,41,45)/t35-/m0/s1. The summed E-state index contributed by atoms with van der Waals surface area (Å²) in [6.07, 6.45) is 5.21. The maximum Gasteiger partial charge on any atom is 0.264 e. The highest BCUT2D eigenvalue weighted by Gasteiger charge is 2.35. The molecule has 258 valence electrons. The lowest BCUT2D eigenvalue weighted by Gasteiger charge is -2.35. The molecule has 8 nitrogen and oxygen atoms in total. The molecule has 0 aliphatic heterocycles. The smallest absolute Gasteiger partial charge is 0.264 e. The van der Waals surface area contributed by atoms with Gasteiger partial charge >= 0.3 is 0 Å². The molecule has 0 heterocycles. The fraction of sp³-hybridized carbons (Fsp3) is 0.316. The maximum atomic E-state index is 14.7. The summed E-state index contributed by atoms with van der Waals surface area (Å²) in [5.74, 6) is -0.435. The maximum absolute atomic E-state index is 14.7. The summed E-state index contributed by atoms with van der Waals surface area (Å²) < 4.78 is 35.9. The third-order valence-corrected chi connectivity index (χ3v) is 11.4. The van der Waals surface area contributed by atoms with E-state index in [1.54, 1.807) is 24.3 Å². The Morgan fingerprint density at radius 3 is 2.22 bits per heavy atom. The van der Waals surface area contributed by atoms with Crippen LogP contribution >= 0.6 is 27.5 Å². The van der Waals surface area contributed by atoms with Crippen molar-refractivity contribution in [1.82, 2.24) is 10.2 Å². The lowest BCUT2D eigenvalue weighted by atomic mass is 9.94. The van der Waals surface area contributed by atoms with Crippen LogP contribution in [0.25, 0.3) is 0 Å². The van der Waals surface area contributed by atoms with E-state index in [2.05, 4.69) is 21.2 Å². The predicted molar refractivity (Wildman–Crippen MR) is 197 cm³/mol. The van der Waals surface area contributed by atoms with Crippen LogP contribution in [0, 0.1) is 6.92 Å². The highest BCUT2D eigenvalue weighted by Crippen LogP contribution is 2.32. The van der Waals surface area contributed by atoms with Gasteiger partial charge in [0.15, 0.2) is 0 Å². The van der Waals surface area contributed by atoms with E-state index in [1.807, 2.05) is 61.5 Å². The molecule has 5 rings (SSSR count). The number of sulfonamides is 1. The second-order valence-electron chi connectivity index (χ2n) is 12.3. The molecule has 0 radical (unpaired) electrons. The first-order valence-corrected chi connectivity index (χ1v) is 19.0. The molecule has 1 atom stereocenters. The molecule has 1 aliphatic carbocycles. The lowest BCUT2D eigenvalue weighted by molar-refractivity contribution is -0.140. The highest BCUT2D eigenvalue weighted by atomic mass is 79.9. The molecule has 11 heteroatoms. The summed E-state index contributed by atoms with van der Waals surface area (Å²) in [7, 11) is -2.79. The van der Waals surface area contributed by atoms with Crippen molar-refractivity contribution in [2.24, 2.45) is 0 Å². The monoisotopic (exact) mass is 765 g/mol. The molecule has 1 fully saturated rings. The normalized spacial score (nSPS) is 14.1. The molecule has 2 amide bonds. The van der Waals surface area contributed by atoms with Crippen molar-refractivity contribution in [3.05, 3.63) is 123 Å². The van der Waals surface area contributed by atoms with Gasteiger partial charge in [0.25, 0.3) is 10.0 Å². The molecule has 0 bridgehead atoms. The first-order valence-electron chi connectivity index (χ1n) is 16.4. The Hall–Kier alpha value is -3.86. The van der Waals surface area contributed by atoms with Gasteiger partial charge in [0, 0.05) is 23.5 Å². The van der Waals surface area contributed by atoms with Crippen molar-refractivity contribution >= 4 is 55.1 Å². The second-order valence-corrected chi connectivity index (χ2v) is 15.5. The van der Waals surface area contributed by atoms with E-state index in [0.717, 1.165) is 57.6 Å². The highest BCUT2D eigenvalue weighted by molar-refractivity contribution is 9.10. The number of carbonyl (C=O) groups excluding carboxylic acids is 2. The topological polar surface area (TPSA) is 96.0 Å². The zero-order valence-electron chi connectivity index (χ0n) is 27.6. The molecule has 1 aliphatic rings. The van der Waals surface area contributed by atoms with Crippen molar-refractivity contribution in [3.63, 3.8) is 0 Å². The van der Waals surface area contributed by atoms with Crippen LogP contribution in [0.2, 0.25) is 5.02 Å². The third kappa shape index (κ3) is 9.44. The van der Waals surface area contributed by atoms with E-state index in [0.29, 0.717) is 5.75 Å². The van der Waals surface area contributed by atoms with Gasteiger partial charge in [0.1, 0.15) is 18.3 Å². The minimum Gasteiger partial charge on any atom is -0.495 e. The number of hydrogen-bond acceptors (Lipinski definition) is 5. The van der Waals surface area contributed by atoms with Gasteiger partial charge in [-0.3, -0.25) is 13.9 Å². The number of halogens is 2. The van der Waals surface area contributed by atoms with E-state index < -0.39 is 28.5 Å². The van der Waals surface area contributed by atoms with Crippen molar-refractivity contribution in [1.29, 1.82) is 0 Å². The first-order chi connectivity index (χ1) is 23.5. The second kappa shape index (κ2) is 16.7. The van der Waals surface area contributed by atoms with Gasteiger partial charge in [-0.2, -0.15) is 0 Å². The van der Waals surface area contributed by atoms with Gasteiger partial charge in [0.2, 0.25) is 11.8 Å². The zero-order valence-corrected chi connectivity index (χ0v) is 30.8. The van der Waals surface area contributed by atoms with E-state index in [4.69, 9.17) is 16.3 Å². The number of anilines is 1. The number of aryl methyl sites for hydroxylation is 1. The number of benzene rings is 4. The Bertz CT molecular complexity index is 1830. The Labute approximate surface area is 302 Å². The van der Waals surface area contributed by atoms with Crippen LogP contribution in [0.1, 0.15) is 48.8 Å². The van der Waals surface area contributed by atoms with Crippen molar-refractivity contribution in [2.75, 3.05) is 18.0 Å². The predicted octanol–water partition coefficient (Wildman–Crippen LogP) is 7.70. The number of ether oxygens (including phenoxy) is 1. The molecule has 0 spiro atoms. The molecule has 0 aromatic heterocycles. The summed E-state index contributed by atoms with van der Waals surface area (Å²) in [5, 5.41) is 3.42. The number of rotatable bonds is 13. The summed E-state index contributed by atoms with van der Waals surface area (Å²) in [5.41, 5.74) is 2.75. The largest absolute Gasteiger partial charge is 0.495 e. The number of hydrogen-bond donors (Lipinski definition) is 1. The van der Waals surface area contributed by atoms with Crippen LogP contribution in [0.3, 0.4) is 0 Å². The summed E-state index contributed by atoms with van der Waals surface area (Å²) in [4.78, 5) is 30.5. The molecule has 1 saturated carbocycles. The van der Waals surface area contributed by atoms with Gasteiger partial charge in [-0.05, 0) is 73.4 Å². The van der Waals surface area contributed by atoms with Crippen LogP contribution in [0.4, 0.5) is 5.69 Å². The molecular weight excluding hydrogens is 726 g/mol. The number of amides is 2. The average Bonchev–Trinajstić information content (AvgIpc) is 3.10. The number of nitrogens with zero attached hydrogens (tertiary/aromatic N) is 2. The molecule has 4 aromatic rings. The van der Waals surface area contributed by atoms with E-state index in [9.17, 15) is 18.0 Å². The Morgan fingerprint density at radius 2 is 1.59 bits per heavy atom. The van der Waals surface area contributed by atoms with Gasteiger partial charge < -0.3 is 15.0 Å². The minimum atomic E-state index is -4.26. The van der Waals surface area contributed by atoms with Crippen molar-refractivity contribution in [2.45, 2.75) is 69.0 Å². The Kier molecular flexibility index (Phi) is 12.4. The van der Waals surface area contributed by atoms with Gasteiger partial charge in [0.05, 0.1) is 22.7 Å². The lowest BCUT2D eigenvalue weighted by Crippen LogP contribution is -2.55. The number of carbonyl (C=O) groups is 2. The van der Waals surface area contributed by atoms with E-state index in [1.165, 1.54) is 30.2 Å². The van der Waals surface area contributed by atoms with Crippen LogP contribution < -0.4 is 14.4 Å². The van der Waals surface area contributed by atoms with Crippen molar-refractivity contribution < 1.29 is 22.7 Å². The SMILES string of the molecule is COc1ccc(N(CC(=O)N(Cc2ccc(Br)cc2)[C@@H](Cc2ccccc2)C(=O)NC2CCCCC2)S(=O)(=O)c2ccc(C)cc2)cc1Cl. The van der Waals surface area contributed by atoms with Gasteiger partial charge in [-0.15, -0.1) is 0 Å². The van der Waals surface area contributed by atoms with Crippen LogP contribution in [-0.4, -0.2) is 50.9 Å². The summed E-state index contributed by atoms with van der Waals surface area (Å²) >= 11 is 9.96. The first kappa shape index (κ1) is 36.4. The Balaban J connectivity index is 1.58. The van der Waals surface area contributed by atoms with Crippen molar-refractivity contribution in [3.8, 4) is 5.75 Å².